The summed E-state index contributed by atoms with van der Waals surface area (Å²) < 4.78 is 0. The number of aromatic amines is 1. The van der Waals surface area contributed by atoms with Crippen molar-refractivity contribution >= 4 is 11.5 Å². The summed E-state index contributed by atoms with van der Waals surface area (Å²) in [6, 6.07) is 3.16. The molecule has 1 aliphatic heterocycles. The van der Waals surface area contributed by atoms with Gasteiger partial charge >= 0.3 is 5.69 Å². The van der Waals surface area contributed by atoms with Crippen molar-refractivity contribution in [3.05, 3.63) is 33.8 Å². The highest BCUT2D eigenvalue weighted by Gasteiger charge is 2.29. The Morgan fingerprint density at radius 2 is 2.33 bits per heavy atom. The Kier molecular flexibility index (Phi) is 3.46. The van der Waals surface area contributed by atoms with E-state index in [0.717, 1.165) is 25.1 Å². The summed E-state index contributed by atoms with van der Waals surface area (Å²) in [7, 11) is 0. The number of hydrogen-bond donors (Lipinski definition) is 1. The monoisotopic (exact) mass is 289 g/mol. The van der Waals surface area contributed by atoms with Gasteiger partial charge in [0.25, 0.3) is 0 Å². The van der Waals surface area contributed by atoms with Crippen LogP contribution in [0.1, 0.15) is 30.3 Å². The van der Waals surface area contributed by atoms with E-state index in [0.29, 0.717) is 18.2 Å². The number of anilines is 1. The molecule has 1 N–H and O–H groups in total. The van der Waals surface area contributed by atoms with Gasteiger partial charge in [0, 0.05) is 30.8 Å². The van der Waals surface area contributed by atoms with Crippen molar-refractivity contribution in [2.45, 2.75) is 25.7 Å². The van der Waals surface area contributed by atoms with Gasteiger partial charge in [-0.15, -0.1) is 10.2 Å². The van der Waals surface area contributed by atoms with E-state index in [4.69, 9.17) is 0 Å². The molecule has 110 valence electrons. The fourth-order valence-electron chi connectivity index (χ4n) is 2.63. The molecule has 1 atom stereocenters. The maximum atomic E-state index is 11.2. The van der Waals surface area contributed by atoms with Gasteiger partial charge in [-0.3, -0.25) is 10.1 Å². The lowest BCUT2D eigenvalue weighted by atomic mass is 9.97. The number of hydrogen-bond acceptors (Lipinski definition) is 7. The van der Waals surface area contributed by atoms with Gasteiger partial charge in [-0.1, -0.05) is 5.21 Å². The van der Waals surface area contributed by atoms with E-state index in [1.54, 1.807) is 6.07 Å². The molecule has 1 aliphatic rings. The summed E-state index contributed by atoms with van der Waals surface area (Å²) in [6.07, 6.45) is 1.85. The second kappa shape index (κ2) is 5.43. The van der Waals surface area contributed by atoms with E-state index in [-0.39, 0.29) is 16.5 Å². The first kappa shape index (κ1) is 13.4. The molecule has 0 amide bonds. The number of piperidine rings is 1. The topological polar surface area (TPSA) is 114 Å². The van der Waals surface area contributed by atoms with Crippen molar-refractivity contribution in [1.29, 1.82) is 0 Å². The van der Waals surface area contributed by atoms with E-state index >= 15 is 0 Å². The van der Waals surface area contributed by atoms with Crippen molar-refractivity contribution in [1.82, 2.24) is 25.6 Å². The van der Waals surface area contributed by atoms with E-state index in [1.165, 1.54) is 6.07 Å². The van der Waals surface area contributed by atoms with Crippen LogP contribution in [0.3, 0.4) is 0 Å². The van der Waals surface area contributed by atoms with Crippen LogP contribution in [0.5, 0.6) is 0 Å². The van der Waals surface area contributed by atoms with Gasteiger partial charge < -0.3 is 4.90 Å². The third-order valence-electron chi connectivity index (χ3n) is 3.64. The molecule has 0 aliphatic carbocycles. The van der Waals surface area contributed by atoms with Crippen molar-refractivity contribution < 1.29 is 4.92 Å². The lowest BCUT2D eigenvalue weighted by Crippen LogP contribution is -2.35. The molecule has 0 radical (unpaired) electrons. The number of nitrogens with zero attached hydrogens (tertiary/aromatic N) is 6. The molecule has 1 saturated heterocycles. The predicted octanol–water partition coefficient (Wildman–Crippen LogP) is 1.20. The summed E-state index contributed by atoms with van der Waals surface area (Å²) in [5, 5.41) is 25.2. The Balaban J connectivity index is 1.89. The Labute approximate surface area is 120 Å². The largest absolute Gasteiger partial charge is 0.350 e. The van der Waals surface area contributed by atoms with Crippen LogP contribution in [0, 0.1) is 17.0 Å². The molecular formula is C12H15N7O2. The zero-order chi connectivity index (χ0) is 14.8. The summed E-state index contributed by atoms with van der Waals surface area (Å²) in [4.78, 5) is 17.1. The molecule has 0 aromatic carbocycles. The smallest absolute Gasteiger partial charge is 0.311 e. The number of H-pyrrole nitrogens is 1. The zero-order valence-electron chi connectivity index (χ0n) is 11.6. The van der Waals surface area contributed by atoms with Crippen molar-refractivity contribution in [2.75, 3.05) is 18.0 Å². The Bertz CT molecular complexity index is 643. The molecule has 0 spiro atoms. The standard InChI is InChI=1S/C12H15N7O2/c1-8-4-5-10(19(20)21)12(13-8)18-6-2-3-9(7-18)11-14-16-17-15-11/h4-5,9H,2-3,6-7H2,1H3,(H,14,15,16,17)/t9-/m0/s1. The van der Waals surface area contributed by atoms with Crippen LogP contribution >= 0.6 is 0 Å². The lowest BCUT2D eigenvalue weighted by Gasteiger charge is -2.31. The van der Waals surface area contributed by atoms with Crippen LogP contribution in [0.15, 0.2) is 12.1 Å². The van der Waals surface area contributed by atoms with Crippen LogP contribution in [-0.2, 0) is 0 Å². The highest BCUT2D eigenvalue weighted by molar-refractivity contribution is 5.58. The van der Waals surface area contributed by atoms with Gasteiger partial charge in [0.2, 0.25) is 5.82 Å². The molecule has 1 fully saturated rings. The van der Waals surface area contributed by atoms with Gasteiger partial charge in [-0.2, -0.15) is 5.21 Å². The molecule has 0 saturated carbocycles. The number of pyridine rings is 1. The van der Waals surface area contributed by atoms with Gasteiger partial charge in [0.15, 0.2) is 5.82 Å². The average molecular weight is 289 g/mol. The van der Waals surface area contributed by atoms with Crippen LogP contribution < -0.4 is 4.90 Å². The number of tetrazole rings is 1. The summed E-state index contributed by atoms with van der Waals surface area (Å²) in [5.74, 6) is 1.18. The third-order valence-corrected chi connectivity index (χ3v) is 3.64. The minimum absolute atomic E-state index is 0.0364. The lowest BCUT2D eigenvalue weighted by molar-refractivity contribution is -0.384. The second-order valence-corrected chi connectivity index (χ2v) is 5.11. The first-order valence-corrected chi connectivity index (χ1v) is 6.75. The molecule has 0 bridgehead atoms. The minimum Gasteiger partial charge on any atom is -0.350 e. The molecule has 0 unspecified atom stereocenters. The molecule has 3 heterocycles. The Morgan fingerprint density at radius 3 is 3.05 bits per heavy atom. The number of rotatable bonds is 3. The number of aromatic nitrogens is 5. The quantitative estimate of drug-likeness (QED) is 0.666. The SMILES string of the molecule is Cc1ccc([N+](=O)[O-])c(N2CCC[C@H](c3nn[nH]n3)C2)n1. The highest BCUT2D eigenvalue weighted by atomic mass is 16.6. The Hall–Kier alpha value is -2.58. The normalized spacial score (nSPS) is 18.7. The minimum atomic E-state index is -0.389. The second-order valence-electron chi connectivity index (χ2n) is 5.11. The summed E-state index contributed by atoms with van der Waals surface area (Å²) in [5.41, 5.74) is 0.798. The molecular weight excluding hydrogens is 274 g/mol. The molecule has 3 rings (SSSR count). The average Bonchev–Trinajstić information content (AvgIpc) is 3.01. The summed E-state index contributed by atoms with van der Waals surface area (Å²) >= 11 is 0. The molecule has 2 aromatic rings. The van der Waals surface area contributed by atoms with Gasteiger partial charge in [-0.05, 0) is 25.8 Å². The zero-order valence-corrected chi connectivity index (χ0v) is 11.6. The first-order valence-electron chi connectivity index (χ1n) is 6.75. The van der Waals surface area contributed by atoms with Crippen LogP contribution in [0.4, 0.5) is 11.5 Å². The third kappa shape index (κ3) is 2.67. The maximum absolute atomic E-state index is 11.2. The van der Waals surface area contributed by atoms with Crippen molar-refractivity contribution in [2.24, 2.45) is 0 Å². The molecule has 2 aromatic heterocycles. The highest BCUT2D eigenvalue weighted by Crippen LogP contribution is 2.32. The van der Waals surface area contributed by atoms with Gasteiger partial charge in [0.1, 0.15) is 0 Å². The predicted molar refractivity (Wildman–Crippen MR) is 74.0 cm³/mol. The van der Waals surface area contributed by atoms with E-state index in [2.05, 4.69) is 25.6 Å². The van der Waals surface area contributed by atoms with Crippen LogP contribution in [0.2, 0.25) is 0 Å². The van der Waals surface area contributed by atoms with E-state index < -0.39 is 0 Å². The van der Waals surface area contributed by atoms with E-state index in [9.17, 15) is 10.1 Å². The maximum Gasteiger partial charge on any atom is 0.311 e. The number of aryl methyl sites for hydroxylation is 1. The fourth-order valence-corrected chi connectivity index (χ4v) is 2.63. The summed E-state index contributed by atoms with van der Waals surface area (Å²) in [6.45, 7) is 3.18. The van der Waals surface area contributed by atoms with Crippen LogP contribution in [0.25, 0.3) is 0 Å². The molecule has 21 heavy (non-hydrogen) atoms. The number of nitro groups is 1. The molecule has 9 nitrogen and oxygen atoms in total. The number of nitrogens with one attached hydrogen (secondary N) is 1. The van der Waals surface area contributed by atoms with Crippen LogP contribution in [-0.4, -0.2) is 43.6 Å². The van der Waals surface area contributed by atoms with Crippen molar-refractivity contribution in [3.63, 3.8) is 0 Å². The van der Waals surface area contributed by atoms with Gasteiger partial charge in [0.05, 0.1) is 4.92 Å². The van der Waals surface area contributed by atoms with E-state index in [1.807, 2.05) is 11.8 Å². The van der Waals surface area contributed by atoms with Gasteiger partial charge in [-0.25, -0.2) is 4.98 Å². The van der Waals surface area contributed by atoms with Crippen molar-refractivity contribution in [3.8, 4) is 0 Å². The first-order chi connectivity index (χ1) is 10.1. The fraction of sp³-hybridized carbons (Fsp3) is 0.500. The molecule has 9 heteroatoms. The Morgan fingerprint density at radius 1 is 1.48 bits per heavy atom.